The van der Waals surface area contributed by atoms with E-state index in [0.717, 1.165) is 10.4 Å². The first kappa shape index (κ1) is 13.5. The van der Waals surface area contributed by atoms with Gasteiger partial charge in [-0.05, 0) is 32.4 Å². The molecule has 0 aromatic carbocycles. The topological polar surface area (TPSA) is 49.8 Å². The molecule has 0 radical (unpaired) electrons. The fourth-order valence-electron chi connectivity index (χ4n) is 2.03. The van der Waals surface area contributed by atoms with Crippen LogP contribution >= 0.6 is 11.3 Å². The van der Waals surface area contributed by atoms with Crippen LogP contribution in [-0.2, 0) is 4.74 Å². The van der Waals surface area contributed by atoms with E-state index in [1.807, 2.05) is 26.8 Å². The number of hydrogen-bond donors (Lipinski definition) is 1. The quantitative estimate of drug-likeness (QED) is 0.887. The van der Waals surface area contributed by atoms with Crippen LogP contribution in [0.5, 0.6) is 0 Å². The molecule has 1 fully saturated rings. The van der Waals surface area contributed by atoms with Crippen molar-refractivity contribution in [2.24, 2.45) is 0 Å². The minimum absolute atomic E-state index is 0.0427. The zero-order valence-electron chi connectivity index (χ0n) is 11.0. The average molecular weight is 269 g/mol. The Morgan fingerprint density at radius 3 is 2.89 bits per heavy atom. The summed E-state index contributed by atoms with van der Waals surface area (Å²) in [5.74, 6) is 0.0467. The maximum atomic E-state index is 12.4. The zero-order valence-corrected chi connectivity index (χ0v) is 11.8. The first-order valence-corrected chi connectivity index (χ1v) is 6.95. The number of morpholine rings is 1. The van der Waals surface area contributed by atoms with Crippen molar-refractivity contribution in [1.29, 1.82) is 0 Å². The number of rotatable bonds is 2. The van der Waals surface area contributed by atoms with E-state index in [0.29, 0.717) is 13.2 Å². The molecule has 18 heavy (non-hydrogen) atoms. The normalized spacial score (nSPS) is 24.3. The molecule has 2 unspecified atom stereocenters. The predicted octanol–water partition coefficient (Wildman–Crippen LogP) is 1.59. The fourth-order valence-corrected chi connectivity index (χ4v) is 3.02. The van der Waals surface area contributed by atoms with E-state index in [1.165, 1.54) is 16.2 Å². The number of nitrogens with zero attached hydrogens (tertiary/aromatic N) is 1. The van der Waals surface area contributed by atoms with Crippen LogP contribution in [-0.4, -0.2) is 47.8 Å². The minimum Gasteiger partial charge on any atom is -0.394 e. The molecule has 2 atom stereocenters. The maximum Gasteiger partial charge on any atom is 0.264 e. The van der Waals surface area contributed by atoms with E-state index >= 15 is 0 Å². The van der Waals surface area contributed by atoms with Gasteiger partial charge in [-0.15, -0.1) is 11.3 Å². The summed E-state index contributed by atoms with van der Waals surface area (Å²) in [5.41, 5.74) is 1.16. The molecule has 0 saturated carbocycles. The molecule has 1 saturated heterocycles. The largest absolute Gasteiger partial charge is 0.394 e. The molecule has 1 aromatic heterocycles. The lowest BCUT2D eigenvalue weighted by Crippen LogP contribution is -2.51. The van der Waals surface area contributed by atoms with Gasteiger partial charge in [0.05, 0.1) is 30.2 Å². The van der Waals surface area contributed by atoms with Gasteiger partial charge in [0.1, 0.15) is 0 Å². The smallest absolute Gasteiger partial charge is 0.264 e. The lowest BCUT2D eigenvalue weighted by atomic mass is 10.2. The Morgan fingerprint density at radius 2 is 2.33 bits per heavy atom. The van der Waals surface area contributed by atoms with Crippen molar-refractivity contribution in [3.05, 3.63) is 21.4 Å². The highest BCUT2D eigenvalue weighted by atomic mass is 32.1. The Labute approximate surface area is 111 Å². The molecule has 2 rings (SSSR count). The predicted molar refractivity (Wildman–Crippen MR) is 71.1 cm³/mol. The van der Waals surface area contributed by atoms with E-state index in [-0.39, 0.29) is 24.7 Å². The van der Waals surface area contributed by atoms with Crippen molar-refractivity contribution in [2.45, 2.75) is 32.9 Å². The van der Waals surface area contributed by atoms with Crippen molar-refractivity contribution in [3.63, 3.8) is 0 Å². The number of aliphatic hydroxyl groups is 1. The Hall–Kier alpha value is -0.910. The van der Waals surface area contributed by atoms with Crippen LogP contribution in [0, 0.1) is 13.8 Å². The van der Waals surface area contributed by atoms with Crippen LogP contribution in [0.3, 0.4) is 0 Å². The number of amides is 1. The second-order valence-electron chi connectivity index (χ2n) is 4.79. The number of thiophene rings is 1. The third kappa shape index (κ3) is 2.58. The van der Waals surface area contributed by atoms with Crippen molar-refractivity contribution < 1.29 is 14.6 Å². The van der Waals surface area contributed by atoms with Crippen LogP contribution in [0.1, 0.15) is 27.0 Å². The SMILES string of the molecule is Cc1cc(C(=O)N2CC(CO)OCC2C)sc1C. The third-order valence-electron chi connectivity index (χ3n) is 3.35. The first-order valence-electron chi connectivity index (χ1n) is 6.13. The van der Waals surface area contributed by atoms with Crippen molar-refractivity contribution in [2.75, 3.05) is 19.8 Å². The summed E-state index contributed by atoms with van der Waals surface area (Å²) < 4.78 is 5.44. The van der Waals surface area contributed by atoms with Gasteiger partial charge in [0.25, 0.3) is 5.91 Å². The molecule has 1 N–H and O–H groups in total. The number of carbonyl (C=O) groups is 1. The summed E-state index contributed by atoms with van der Waals surface area (Å²) in [6.07, 6.45) is -0.257. The lowest BCUT2D eigenvalue weighted by molar-refractivity contribution is -0.0666. The molecule has 2 heterocycles. The first-order chi connectivity index (χ1) is 8.52. The van der Waals surface area contributed by atoms with Crippen molar-refractivity contribution >= 4 is 17.2 Å². The third-order valence-corrected chi connectivity index (χ3v) is 4.49. The number of carbonyl (C=O) groups excluding carboxylic acids is 1. The molecule has 1 aromatic rings. The van der Waals surface area contributed by atoms with Crippen LogP contribution < -0.4 is 0 Å². The lowest BCUT2D eigenvalue weighted by Gasteiger charge is -2.37. The number of aryl methyl sites for hydroxylation is 2. The number of ether oxygens (including phenoxy) is 1. The summed E-state index contributed by atoms with van der Waals surface area (Å²) in [7, 11) is 0. The second-order valence-corrected chi connectivity index (χ2v) is 6.05. The monoisotopic (exact) mass is 269 g/mol. The van der Waals surface area contributed by atoms with Gasteiger partial charge in [-0.25, -0.2) is 0 Å². The molecular formula is C13H19NO3S. The second kappa shape index (κ2) is 5.38. The van der Waals surface area contributed by atoms with Gasteiger partial charge in [0.2, 0.25) is 0 Å². The number of aliphatic hydroxyl groups excluding tert-OH is 1. The van der Waals surface area contributed by atoms with E-state index in [4.69, 9.17) is 9.84 Å². The molecule has 0 aliphatic carbocycles. The van der Waals surface area contributed by atoms with Gasteiger partial charge in [0.15, 0.2) is 0 Å². The molecule has 5 heteroatoms. The maximum absolute atomic E-state index is 12.4. The Bertz CT molecular complexity index is 424. The highest BCUT2D eigenvalue weighted by Gasteiger charge is 2.30. The van der Waals surface area contributed by atoms with Crippen LogP contribution in [0.25, 0.3) is 0 Å². The van der Waals surface area contributed by atoms with E-state index in [1.54, 1.807) is 4.90 Å². The zero-order chi connectivity index (χ0) is 13.3. The summed E-state index contributed by atoms with van der Waals surface area (Å²) in [5, 5.41) is 9.14. The van der Waals surface area contributed by atoms with Gasteiger partial charge < -0.3 is 14.7 Å². The molecule has 1 aliphatic heterocycles. The van der Waals surface area contributed by atoms with Gasteiger partial charge >= 0.3 is 0 Å². The van der Waals surface area contributed by atoms with Gasteiger partial charge in [-0.3, -0.25) is 4.79 Å². The highest BCUT2D eigenvalue weighted by Crippen LogP contribution is 2.24. The molecule has 0 bridgehead atoms. The summed E-state index contributed by atoms with van der Waals surface area (Å²) in [4.78, 5) is 16.2. The van der Waals surface area contributed by atoms with Gasteiger partial charge in [-0.1, -0.05) is 0 Å². The van der Waals surface area contributed by atoms with Crippen LogP contribution in [0.15, 0.2) is 6.07 Å². The molecule has 100 valence electrons. The van der Waals surface area contributed by atoms with E-state index in [9.17, 15) is 4.79 Å². The molecule has 1 aliphatic rings. The van der Waals surface area contributed by atoms with Crippen LogP contribution in [0.4, 0.5) is 0 Å². The molecule has 4 nitrogen and oxygen atoms in total. The van der Waals surface area contributed by atoms with Crippen molar-refractivity contribution in [1.82, 2.24) is 4.90 Å². The molecular weight excluding hydrogens is 250 g/mol. The van der Waals surface area contributed by atoms with E-state index in [2.05, 4.69) is 0 Å². The number of hydrogen-bond acceptors (Lipinski definition) is 4. The Morgan fingerprint density at radius 1 is 1.61 bits per heavy atom. The minimum atomic E-state index is -0.257. The highest BCUT2D eigenvalue weighted by molar-refractivity contribution is 7.14. The summed E-state index contributed by atoms with van der Waals surface area (Å²) in [6.45, 7) is 6.92. The standard InChI is InChI=1S/C13H19NO3S/c1-8-4-12(18-10(8)3)13(16)14-5-11(6-15)17-7-9(14)2/h4,9,11,15H,5-7H2,1-3H3. The van der Waals surface area contributed by atoms with Gasteiger partial charge in [-0.2, -0.15) is 0 Å². The van der Waals surface area contributed by atoms with Gasteiger partial charge in [0, 0.05) is 11.4 Å². The molecule has 1 amide bonds. The molecule has 0 spiro atoms. The van der Waals surface area contributed by atoms with Crippen LogP contribution in [0.2, 0.25) is 0 Å². The van der Waals surface area contributed by atoms with Crippen molar-refractivity contribution in [3.8, 4) is 0 Å². The average Bonchev–Trinajstić information content (AvgIpc) is 2.69. The Balaban J connectivity index is 2.16. The fraction of sp³-hybridized carbons (Fsp3) is 0.615. The Kier molecular flexibility index (Phi) is 4.04. The summed E-state index contributed by atoms with van der Waals surface area (Å²) >= 11 is 1.53. The summed E-state index contributed by atoms with van der Waals surface area (Å²) in [6, 6.07) is 2.00. The van der Waals surface area contributed by atoms with E-state index < -0.39 is 0 Å².